The monoisotopic (exact) mass is 424 g/mol. The molecule has 7 nitrogen and oxygen atoms in total. The molecule has 0 saturated heterocycles. The molecule has 0 unspecified atom stereocenters. The lowest BCUT2D eigenvalue weighted by Crippen LogP contribution is -2.11. The highest BCUT2D eigenvalue weighted by atomic mass is 35.5. The van der Waals surface area contributed by atoms with Crippen molar-refractivity contribution in [3.05, 3.63) is 64.6 Å². The maximum absolute atomic E-state index is 12.4. The maximum atomic E-state index is 12.4. The molecule has 9 heteroatoms. The number of halogens is 1. The Balaban J connectivity index is 2.06. The fourth-order valence-corrected chi connectivity index (χ4v) is 3.67. The van der Waals surface area contributed by atoms with E-state index in [1.807, 2.05) is 41.8 Å². The Kier molecular flexibility index (Phi) is 6.32. The van der Waals surface area contributed by atoms with Gasteiger partial charge in [0.1, 0.15) is 11.6 Å². The molecule has 1 aromatic carbocycles. The molecule has 2 aromatic heterocycles. The molecular formula is C20H17ClN6OS. The average Bonchev–Trinajstić information content (AvgIpc) is 3.13. The first-order valence-electron chi connectivity index (χ1n) is 8.57. The Morgan fingerprint density at radius 3 is 2.66 bits per heavy atom. The van der Waals surface area contributed by atoms with Crippen molar-refractivity contribution in [3.63, 3.8) is 0 Å². The molecule has 0 fully saturated rings. The second-order valence-corrected chi connectivity index (χ2v) is 7.49. The van der Waals surface area contributed by atoms with Gasteiger partial charge in [-0.2, -0.15) is 5.26 Å². The van der Waals surface area contributed by atoms with Crippen LogP contribution >= 0.6 is 23.4 Å². The van der Waals surface area contributed by atoms with Crippen LogP contribution in [0.1, 0.15) is 12.5 Å². The molecule has 2 heterocycles. The molecule has 0 spiro atoms. The lowest BCUT2D eigenvalue weighted by atomic mass is 10.2. The van der Waals surface area contributed by atoms with Crippen LogP contribution in [-0.2, 0) is 4.79 Å². The van der Waals surface area contributed by atoms with Crippen LogP contribution in [0.3, 0.4) is 0 Å². The van der Waals surface area contributed by atoms with Crippen LogP contribution in [0.5, 0.6) is 0 Å². The third-order valence-electron chi connectivity index (χ3n) is 4.17. The number of nitrogens with zero attached hydrogens (tertiary/aromatic N) is 5. The summed E-state index contributed by atoms with van der Waals surface area (Å²) in [5, 5.41) is 18.8. The van der Waals surface area contributed by atoms with Gasteiger partial charge in [0.25, 0.3) is 0 Å². The molecular weight excluding hydrogens is 408 g/mol. The van der Waals surface area contributed by atoms with Crippen LogP contribution < -0.4 is 5.73 Å². The van der Waals surface area contributed by atoms with Gasteiger partial charge in [-0.15, -0.1) is 10.2 Å². The van der Waals surface area contributed by atoms with E-state index in [0.29, 0.717) is 16.0 Å². The fraction of sp³-hybridized carbons (Fsp3) is 0.150. The summed E-state index contributed by atoms with van der Waals surface area (Å²) in [6.45, 7) is 3.43. The minimum Gasteiger partial charge on any atom is -0.401 e. The Morgan fingerprint density at radius 1 is 1.28 bits per heavy atom. The Morgan fingerprint density at radius 2 is 2.00 bits per heavy atom. The summed E-state index contributed by atoms with van der Waals surface area (Å²) >= 11 is 7.50. The Hall–Kier alpha value is -3.15. The molecule has 3 rings (SSSR count). The van der Waals surface area contributed by atoms with Gasteiger partial charge in [-0.25, -0.2) is 0 Å². The molecule has 0 aliphatic heterocycles. The SMILES string of the molecule is C/C(N)=C(/C#N)C(=O)CSc1nnc(-c2ccncc2)n1-c1cccc(Cl)c1C. The number of rotatable bonds is 6. The van der Waals surface area contributed by atoms with E-state index < -0.39 is 0 Å². The van der Waals surface area contributed by atoms with Crippen LogP contribution in [0.25, 0.3) is 17.1 Å². The highest BCUT2D eigenvalue weighted by molar-refractivity contribution is 7.99. The van der Waals surface area contributed by atoms with Gasteiger partial charge in [0, 0.05) is 28.7 Å². The van der Waals surface area contributed by atoms with E-state index in [1.54, 1.807) is 18.5 Å². The van der Waals surface area contributed by atoms with Crippen molar-refractivity contribution >= 4 is 29.1 Å². The van der Waals surface area contributed by atoms with E-state index >= 15 is 0 Å². The number of pyridine rings is 1. The van der Waals surface area contributed by atoms with Crippen molar-refractivity contribution in [3.8, 4) is 23.1 Å². The fourth-order valence-electron chi connectivity index (χ4n) is 2.68. The number of Topliss-reactive ketones (excluding diaryl/α,β-unsaturated/α-hetero) is 1. The Bertz CT molecular complexity index is 1130. The lowest BCUT2D eigenvalue weighted by Gasteiger charge is -2.13. The van der Waals surface area contributed by atoms with Gasteiger partial charge < -0.3 is 5.73 Å². The summed E-state index contributed by atoms with van der Waals surface area (Å²) in [5.74, 6) is 0.241. The minimum atomic E-state index is -0.361. The maximum Gasteiger partial charge on any atom is 0.196 e. The van der Waals surface area contributed by atoms with E-state index in [-0.39, 0.29) is 22.8 Å². The number of carbonyl (C=O) groups is 1. The van der Waals surface area contributed by atoms with Crippen LogP contribution in [-0.4, -0.2) is 31.3 Å². The van der Waals surface area contributed by atoms with Crippen LogP contribution in [0.4, 0.5) is 0 Å². The van der Waals surface area contributed by atoms with Crippen LogP contribution in [0, 0.1) is 18.3 Å². The van der Waals surface area contributed by atoms with E-state index in [0.717, 1.165) is 16.8 Å². The number of aromatic nitrogens is 4. The zero-order chi connectivity index (χ0) is 21.0. The van der Waals surface area contributed by atoms with Crippen molar-refractivity contribution in [2.45, 2.75) is 19.0 Å². The molecule has 0 saturated carbocycles. The molecule has 0 radical (unpaired) electrons. The predicted octanol–water partition coefficient (Wildman–Crippen LogP) is 3.71. The van der Waals surface area contributed by atoms with Gasteiger partial charge in [0.05, 0.1) is 11.4 Å². The topological polar surface area (TPSA) is 110 Å². The van der Waals surface area contributed by atoms with Crippen molar-refractivity contribution in [1.82, 2.24) is 19.7 Å². The summed E-state index contributed by atoms with van der Waals surface area (Å²) in [6.07, 6.45) is 3.34. The standard InChI is InChI=1S/C20H17ClN6OS/c1-12-16(21)4-3-5-17(12)27-19(14-6-8-24-9-7-14)25-26-20(27)29-11-18(28)15(10-22)13(2)23/h3-9H,11,23H2,1-2H3/b15-13+. The molecule has 0 amide bonds. The summed E-state index contributed by atoms with van der Waals surface area (Å²) in [7, 11) is 0. The molecule has 3 aromatic rings. The highest BCUT2D eigenvalue weighted by Gasteiger charge is 2.20. The van der Waals surface area contributed by atoms with Gasteiger partial charge in [-0.3, -0.25) is 14.3 Å². The molecule has 146 valence electrons. The molecule has 29 heavy (non-hydrogen) atoms. The first kappa shape index (κ1) is 20.6. The van der Waals surface area contributed by atoms with Gasteiger partial charge >= 0.3 is 0 Å². The van der Waals surface area contributed by atoms with Gasteiger partial charge in [0.15, 0.2) is 16.8 Å². The quantitative estimate of drug-likeness (QED) is 0.364. The molecule has 0 atom stereocenters. The van der Waals surface area contributed by atoms with Crippen LogP contribution in [0.15, 0.2) is 59.2 Å². The number of hydrogen-bond donors (Lipinski definition) is 1. The second kappa shape index (κ2) is 8.90. The first-order chi connectivity index (χ1) is 13.9. The third kappa shape index (κ3) is 4.31. The molecule has 0 bridgehead atoms. The van der Waals surface area contributed by atoms with Crippen molar-refractivity contribution in [2.75, 3.05) is 5.75 Å². The molecule has 0 aliphatic rings. The average molecular weight is 425 g/mol. The summed E-state index contributed by atoms with van der Waals surface area (Å²) < 4.78 is 1.85. The van der Waals surface area contributed by atoms with Crippen molar-refractivity contribution < 1.29 is 4.79 Å². The summed E-state index contributed by atoms with van der Waals surface area (Å²) in [6, 6.07) is 11.1. The largest absolute Gasteiger partial charge is 0.401 e. The predicted molar refractivity (Wildman–Crippen MR) is 113 cm³/mol. The first-order valence-corrected chi connectivity index (χ1v) is 9.94. The highest BCUT2D eigenvalue weighted by Crippen LogP contribution is 2.31. The molecule has 2 N–H and O–H groups in total. The van der Waals surface area contributed by atoms with Gasteiger partial charge in [-0.05, 0) is 43.7 Å². The van der Waals surface area contributed by atoms with Crippen molar-refractivity contribution in [1.29, 1.82) is 5.26 Å². The van der Waals surface area contributed by atoms with E-state index in [9.17, 15) is 4.79 Å². The smallest absolute Gasteiger partial charge is 0.196 e. The number of ketones is 1. The second-order valence-electron chi connectivity index (χ2n) is 6.14. The number of carbonyl (C=O) groups excluding carboxylic acids is 1. The van der Waals surface area contributed by atoms with E-state index in [1.165, 1.54) is 18.7 Å². The summed E-state index contributed by atoms with van der Waals surface area (Å²) in [5.41, 5.74) is 8.26. The third-order valence-corrected chi connectivity index (χ3v) is 5.51. The molecule has 0 aliphatic carbocycles. The summed E-state index contributed by atoms with van der Waals surface area (Å²) in [4.78, 5) is 16.4. The van der Waals surface area contributed by atoms with Gasteiger partial charge in [0.2, 0.25) is 0 Å². The lowest BCUT2D eigenvalue weighted by molar-refractivity contribution is -0.112. The van der Waals surface area contributed by atoms with E-state index in [4.69, 9.17) is 22.6 Å². The minimum absolute atomic E-state index is 0.00548. The number of nitrogens with two attached hydrogens (primary N) is 1. The number of hydrogen-bond acceptors (Lipinski definition) is 7. The van der Waals surface area contributed by atoms with Crippen molar-refractivity contribution in [2.24, 2.45) is 5.73 Å². The zero-order valence-electron chi connectivity index (χ0n) is 15.8. The van der Waals surface area contributed by atoms with E-state index in [2.05, 4.69) is 15.2 Å². The number of nitriles is 1. The normalized spacial score (nSPS) is 11.7. The number of allylic oxidation sites excluding steroid dienone is 2. The Labute approximate surface area is 177 Å². The number of thioether (sulfide) groups is 1. The number of benzene rings is 1. The zero-order valence-corrected chi connectivity index (χ0v) is 17.3. The van der Waals surface area contributed by atoms with Crippen LogP contribution in [0.2, 0.25) is 5.02 Å². The van der Waals surface area contributed by atoms with Gasteiger partial charge in [-0.1, -0.05) is 29.4 Å².